The number of halogens is 3. The van der Waals surface area contributed by atoms with Crippen LogP contribution in [0.4, 0.5) is 10.1 Å². The van der Waals surface area contributed by atoms with Crippen molar-refractivity contribution in [3.8, 4) is 0 Å². The Labute approximate surface area is 131 Å². The van der Waals surface area contributed by atoms with Crippen LogP contribution in [0.1, 0.15) is 10.4 Å². The van der Waals surface area contributed by atoms with Crippen LogP contribution in [0.15, 0.2) is 42.5 Å². The maximum Gasteiger partial charge on any atom is 0.256 e. The van der Waals surface area contributed by atoms with Gasteiger partial charge in [0.2, 0.25) is 0 Å². The van der Waals surface area contributed by atoms with Gasteiger partial charge in [0.25, 0.3) is 5.91 Å². The number of hydrogen-bond donors (Lipinski definition) is 1. The third-order valence-corrected chi connectivity index (χ3v) is 3.89. The van der Waals surface area contributed by atoms with E-state index in [9.17, 15) is 9.18 Å². The maximum absolute atomic E-state index is 12.7. The van der Waals surface area contributed by atoms with Gasteiger partial charge in [0.15, 0.2) is 0 Å². The molecule has 1 N–H and O–H groups in total. The minimum atomic E-state index is -0.322. The Morgan fingerprint density at radius 2 is 1.72 bits per heavy atom. The van der Waals surface area contributed by atoms with Crippen LogP contribution >= 0.6 is 45.2 Å². The van der Waals surface area contributed by atoms with Crippen LogP contribution in [0.3, 0.4) is 0 Å². The molecule has 0 unspecified atom stereocenters. The second kappa shape index (κ2) is 5.96. The Kier molecular flexibility index (Phi) is 4.55. The quantitative estimate of drug-likeness (QED) is 0.657. The molecule has 1 amide bonds. The number of benzene rings is 2. The van der Waals surface area contributed by atoms with E-state index in [0.29, 0.717) is 11.3 Å². The summed E-state index contributed by atoms with van der Waals surface area (Å²) in [4.78, 5) is 12.1. The lowest BCUT2D eigenvalue weighted by Gasteiger charge is -2.07. The van der Waals surface area contributed by atoms with E-state index in [1.807, 2.05) is 18.2 Å². The smallest absolute Gasteiger partial charge is 0.256 e. The SMILES string of the molecule is O=C(Nc1ccc(F)cc1)c1cc(I)ccc1I. The zero-order chi connectivity index (χ0) is 13.1. The highest BCUT2D eigenvalue weighted by Crippen LogP contribution is 2.18. The molecule has 2 nitrogen and oxygen atoms in total. The van der Waals surface area contributed by atoms with Gasteiger partial charge in [0, 0.05) is 12.8 Å². The Hall–Kier alpha value is -0.700. The van der Waals surface area contributed by atoms with E-state index in [0.717, 1.165) is 7.14 Å². The lowest BCUT2D eigenvalue weighted by atomic mass is 10.2. The van der Waals surface area contributed by atoms with Crippen LogP contribution in [-0.4, -0.2) is 5.91 Å². The molecule has 2 aromatic carbocycles. The average molecular weight is 467 g/mol. The van der Waals surface area contributed by atoms with Crippen LogP contribution in [-0.2, 0) is 0 Å². The molecule has 0 aliphatic carbocycles. The summed E-state index contributed by atoms with van der Waals surface area (Å²) in [5.41, 5.74) is 1.20. The minimum absolute atomic E-state index is 0.190. The first-order valence-corrected chi connectivity index (χ1v) is 7.24. The van der Waals surface area contributed by atoms with Gasteiger partial charge in [-0.3, -0.25) is 4.79 Å². The highest BCUT2D eigenvalue weighted by atomic mass is 127. The zero-order valence-corrected chi connectivity index (χ0v) is 13.4. The van der Waals surface area contributed by atoms with Crippen molar-refractivity contribution in [3.05, 3.63) is 61.0 Å². The standard InChI is InChI=1S/C13H8FI2NO/c14-8-1-4-10(5-2-8)17-13(18)11-7-9(15)3-6-12(11)16/h1-7H,(H,17,18). The first kappa shape index (κ1) is 13.7. The molecular weight excluding hydrogens is 459 g/mol. The number of nitrogens with one attached hydrogen (secondary N) is 1. The lowest BCUT2D eigenvalue weighted by Crippen LogP contribution is -2.13. The molecule has 2 rings (SSSR count). The molecule has 0 aliphatic heterocycles. The van der Waals surface area contributed by atoms with Gasteiger partial charge in [-0.2, -0.15) is 0 Å². The van der Waals surface area contributed by atoms with E-state index in [1.54, 1.807) is 0 Å². The van der Waals surface area contributed by atoms with Crippen molar-refractivity contribution in [1.29, 1.82) is 0 Å². The monoisotopic (exact) mass is 467 g/mol. The fourth-order valence-corrected chi connectivity index (χ4v) is 2.47. The van der Waals surface area contributed by atoms with Gasteiger partial charge in [-0.15, -0.1) is 0 Å². The average Bonchev–Trinajstić information content (AvgIpc) is 2.35. The Balaban J connectivity index is 2.21. The summed E-state index contributed by atoms with van der Waals surface area (Å²) in [6.07, 6.45) is 0. The van der Waals surface area contributed by atoms with E-state index in [2.05, 4.69) is 50.5 Å². The second-order valence-corrected chi connectivity index (χ2v) is 5.99. The van der Waals surface area contributed by atoms with Crippen molar-refractivity contribution in [2.24, 2.45) is 0 Å². The second-order valence-electron chi connectivity index (χ2n) is 3.59. The van der Waals surface area contributed by atoms with Crippen molar-refractivity contribution < 1.29 is 9.18 Å². The van der Waals surface area contributed by atoms with Gasteiger partial charge < -0.3 is 5.32 Å². The number of rotatable bonds is 2. The maximum atomic E-state index is 12.7. The zero-order valence-electron chi connectivity index (χ0n) is 9.08. The van der Waals surface area contributed by atoms with Crippen LogP contribution in [0.5, 0.6) is 0 Å². The molecule has 0 aromatic heterocycles. The largest absolute Gasteiger partial charge is 0.322 e. The number of anilines is 1. The van der Waals surface area contributed by atoms with Gasteiger partial charge in [0.05, 0.1) is 5.56 Å². The summed E-state index contributed by atoms with van der Waals surface area (Å²) in [6.45, 7) is 0. The van der Waals surface area contributed by atoms with Gasteiger partial charge in [0.1, 0.15) is 5.82 Å². The third-order valence-electron chi connectivity index (χ3n) is 2.28. The third kappa shape index (κ3) is 3.41. The summed E-state index contributed by atoms with van der Waals surface area (Å²) in [5, 5.41) is 2.74. The predicted molar refractivity (Wildman–Crippen MR) is 86.2 cm³/mol. The lowest BCUT2D eigenvalue weighted by molar-refractivity contribution is 0.102. The molecule has 0 aliphatic rings. The predicted octanol–water partition coefficient (Wildman–Crippen LogP) is 4.29. The van der Waals surface area contributed by atoms with Crippen LogP contribution in [0.2, 0.25) is 0 Å². The summed E-state index contributed by atoms with van der Waals surface area (Å²) < 4.78 is 14.6. The van der Waals surface area contributed by atoms with E-state index >= 15 is 0 Å². The van der Waals surface area contributed by atoms with Gasteiger partial charge in [-0.05, 0) is 87.6 Å². The molecular formula is C13H8FI2NO. The van der Waals surface area contributed by atoms with E-state index in [1.165, 1.54) is 24.3 Å². The Bertz CT molecular complexity index is 584. The van der Waals surface area contributed by atoms with Crippen molar-refractivity contribution in [2.45, 2.75) is 0 Å². The molecule has 0 bridgehead atoms. The van der Waals surface area contributed by atoms with Crippen molar-refractivity contribution in [1.82, 2.24) is 0 Å². The summed E-state index contributed by atoms with van der Waals surface area (Å²) in [7, 11) is 0. The van der Waals surface area contributed by atoms with Gasteiger partial charge in [-0.1, -0.05) is 0 Å². The molecule has 0 radical (unpaired) electrons. The van der Waals surface area contributed by atoms with Crippen LogP contribution in [0.25, 0.3) is 0 Å². The molecule has 0 fully saturated rings. The molecule has 0 heterocycles. The highest BCUT2D eigenvalue weighted by molar-refractivity contribution is 14.1. The summed E-state index contributed by atoms with van der Waals surface area (Å²) in [6, 6.07) is 11.4. The number of hydrogen-bond acceptors (Lipinski definition) is 1. The number of carbonyl (C=O) groups is 1. The molecule has 0 saturated heterocycles. The normalized spacial score (nSPS) is 10.2. The van der Waals surface area contributed by atoms with E-state index in [-0.39, 0.29) is 11.7 Å². The minimum Gasteiger partial charge on any atom is -0.322 e. The molecule has 18 heavy (non-hydrogen) atoms. The topological polar surface area (TPSA) is 29.1 Å². The van der Waals surface area contributed by atoms with Crippen molar-refractivity contribution in [2.75, 3.05) is 5.32 Å². The molecule has 92 valence electrons. The fraction of sp³-hybridized carbons (Fsp3) is 0. The van der Waals surface area contributed by atoms with Crippen LogP contribution in [0, 0.1) is 13.0 Å². The highest BCUT2D eigenvalue weighted by Gasteiger charge is 2.10. The molecule has 0 saturated carbocycles. The summed E-state index contributed by atoms with van der Waals surface area (Å²) >= 11 is 4.27. The van der Waals surface area contributed by atoms with E-state index in [4.69, 9.17) is 0 Å². The molecule has 0 atom stereocenters. The number of carbonyl (C=O) groups excluding carboxylic acids is 1. The first-order chi connectivity index (χ1) is 8.56. The fourth-order valence-electron chi connectivity index (χ4n) is 1.40. The van der Waals surface area contributed by atoms with Gasteiger partial charge in [-0.25, -0.2) is 4.39 Å². The van der Waals surface area contributed by atoms with E-state index < -0.39 is 0 Å². The molecule has 2 aromatic rings. The number of amides is 1. The van der Waals surface area contributed by atoms with Gasteiger partial charge >= 0.3 is 0 Å². The van der Waals surface area contributed by atoms with Crippen LogP contribution < -0.4 is 5.32 Å². The Morgan fingerprint density at radius 3 is 2.39 bits per heavy atom. The molecule has 0 spiro atoms. The van der Waals surface area contributed by atoms with Crippen molar-refractivity contribution in [3.63, 3.8) is 0 Å². The van der Waals surface area contributed by atoms with Crippen molar-refractivity contribution >= 4 is 56.8 Å². The molecule has 5 heteroatoms. The first-order valence-electron chi connectivity index (χ1n) is 5.08. The summed E-state index contributed by atoms with van der Waals surface area (Å²) in [5.74, 6) is -0.513. The Morgan fingerprint density at radius 1 is 1.06 bits per heavy atom.